The zero-order valence-corrected chi connectivity index (χ0v) is 23.1. The van der Waals surface area contributed by atoms with Gasteiger partial charge in [-0.3, -0.25) is 14.4 Å². The van der Waals surface area contributed by atoms with E-state index < -0.39 is 11.6 Å². The largest absolute Gasteiger partial charge is 0.398 e. The van der Waals surface area contributed by atoms with Crippen molar-refractivity contribution in [2.45, 2.75) is 50.7 Å². The van der Waals surface area contributed by atoms with Crippen LogP contribution in [0.3, 0.4) is 0 Å². The summed E-state index contributed by atoms with van der Waals surface area (Å²) in [4.78, 5) is 41.8. The van der Waals surface area contributed by atoms with Gasteiger partial charge in [0.25, 0.3) is 5.91 Å². The van der Waals surface area contributed by atoms with Crippen molar-refractivity contribution in [3.8, 4) is 0 Å². The summed E-state index contributed by atoms with van der Waals surface area (Å²) in [5.41, 5.74) is 21.9. The topological polar surface area (TPSA) is 145 Å². The smallest absolute Gasteiger partial charge is 0.262 e. The molecule has 2 heterocycles. The summed E-state index contributed by atoms with van der Waals surface area (Å²) in [6.45, 7) is 8.87. The predicted molar refractivity (Wildman–Crippen MR) is 155 cm³/mol. The van der Waals surface area contributed by atoms with E-state index in [1.807, 2.05) is 24.3 Å². The molecule has 0 radical (unpaired) electrons. The average Bonchev–Trinajstić information content (AvgIpc) is 3.33. The molecule has 0 spiro atoms. The first kappa shape index (κ1) is 27.1. The lowest BCUT2D eigenvalue weighted by Gasteiger charge is -2.37. The Hall–Kier alpha value is -3.53. The molecule has 2 aliphatic rings. The van der Waals surface area contributed by atoms with E-state index >= 15 is 0 Å². The molecule has 1 aliphatic heterocycles. The maximum Gasteiger partial charge on any atom is 0.262 e. The van der Waals surface area contributed by atoms with Gasteiger partial charge in [-0.2, -0.15) is 0 Å². The quantitative estimate of drug-likeness (QED) is 0.276. The van der Waals surface area contributed by atoms with Crippen LogP contribution in [0.2, 0.25) is 0 Å². The monoisotopic (exact) mass is 545 g/mol. The second kappa shape index (κ2) is 10.2. The van der Waals surface area contributed by atoms with Gasteiger partial charge in [0, 0.05) is 35.8 Å². The summed E-state index contributed by atoms with van der Waals surface area (Å²) < 4.78 is 0.691. The number of ketones is 1. The number of piperidine rings is 1. The van der Waals surface area contributed by atoms with E-state index in [1.54, 1.807) is 17.0 Å². The summed E-state index contributed by atoms with van der Waals surface area (Å²) in [7, 11) is 0. The van der Waals surface area contributed by atoms with E-state index in [-0.39, 0.29) is 23.6 Å². The number of carbonyl (C=O) groups excluding carboxylic acids is 3. The maximum absolute atomic E-state index is 14.0. The van der Waals surface area contributed by atoms with E-state index in [0.29, 0.717) is 56.3 Å². The molecule has 0 saturated carbocycles. The standard InChI is InChI=1S/C30H35N5O3S/c1-4-22(36)35-12-6-9-19(15-35)34-29(38)27-24-23-20(10-11-21(31)26(23)39-27)30(33,28(37)25(24)32)18-8-5-7-17(14-18)13-16(2)3/h4-5,7-8,10-11,14,16,19,25H,1,6,9,12-13,15,31-33H2,2-3H3,(H,34,38). The zero-order valence-electron chi connectivity index (χ0n) is 22.3. The highest BCUT2D eigenvalue weighted by Crippen LogP contribution is 2.49. The Bertz CT molecular complexity index is 1500. The molecule has 204 valence electrons. The van der Waals surface area contributed by atoms with Crippen LogP contribution < -0.4 is 22.5 Å². The van der Waals surface area contributed by atoms with Gasteiger partial charge in [-0.1, -0.05) is 50.8 Å². The minimum atomic E-state index is -1.48. The summed E-state index contributed by atoms with van der Waals surface area (Å²) >= 11 is 1.23. The summed E-state index contributed by atoms with van der Waals surface area (Å²) in [6, 6.07) is 10.00. The number of Topliss-reactive ketones (excluding diaryl/α,β-unsaturated/α-hetero) is 1. The molecule has 8 nitrogen and oxygen atoms in total. The molecule has 3 unspecified atom stereocenters. The fraction of sp³-hybridized carbons (Fsp3) is 0.367. The molecule has 1 aliphatic carbocycles. The number of hydrogen-bond acceptors (Lipinski definition) is 7. The molecule has 39 heavy (non-hydrogen) atoms. The van der Waals surface area contributed by atoms with Crippen LogP contribution in [0.1, 0.15) is 64.7 Å². The highest BCUT2D eigenvalue weighted by atomic mass is 32.1. The fourth-order valence-electron chi connectivity index (χ4n) is 5.94. The van der Waals surface area contributed by atoms with Crippen molar-refractivity contribution in [2.24, 2.45) is 17.4 Å². The van der Waals surface area contributed by atoms with Crippen LogP contribution in [0.15, 0.2) is 49.1 Å². The van der Waals surface area contributed by atoms with E-state index in [9.17, 15) is 14.4 Å². The highest BCUT2D eigenvalue weighted by molar-refractivity contribution is 7.21. The minimum Gasteiger partial charge on any atom is -0.398 e. The van der Waals surface area contributed by atoms with Crippen molar-refractivity contribution in [3.05, 3.63) is 76.2 Å². The van der Waals surface area contributed by atoms with Crippen molar-refractivity contribution in [1.82, 2.24) is 10.2 Å². The van der Waals surface area contributed by atoms with Crippen LogP contribution in [0.4, 0.5) is 5.69 Å². The molecular weight excluding hydrogens is 510 g/mol. The number of rotatable bonds is 6. The van der Waals surface area contributed by atoms with Crippen LogP contribution in [0.5, 0.6) is 0 Å². The second-order valence-corrected chi connectivity index (χ2v) is 12.0. The number of amides is 2. The molecule has 3 aromatic rings. The molecule has 1 fully saturated rings. The van der Waals surface area contributed by atoms with Crippen molar-refractivity contribution < 1.29 is 14.4 Å². The normalized spacial score (nSPS) is 22.8. The van der Waals surface area contributed by atoms with Crippen molar-refractivity contribution in [2.75, 3.05) is 18.8 Å². The van der Waals surface area contributed by atoms with Crippen molar-refractivity contribution >= 4 is 44.7 Å². The Morgan fingerprint density at radius 2 is 2.05 bits per heavy atom. The van der Waals surface area contributed by atoms with E-state index in [2.05, 4.69) is 25.7 Å². The Morgan fingerprint density at radius 3 is 2.77 bits per heavy atom. The number of carbonyl (C=O) groups is 3. The van der Waals surface area contributed by atoms with E-state index in [1.165, 1.54) is 17.4 Å². The molecular formula is C30H35N5O3S. The van der Waals surface area contributed by atoms with Gasteiger partial charge in [-0.15, -0.1) is 11.3 Å². The number of nitrogens with two attached hydrogens (primary N) is 3. The molecule has 1 saturated heterocycles. The number of nitrogen functional groups attached to an aromatic ring is 1. The predicted octanol–water partition coefficient (Wildman–Crippen LogP) is 3.37. The molecule has 2 amide bonds. The molecule has 2 aromatic carbocycles. The van der Waals surface area contributed by atoms with Gasteiger partial charge >= 0.3 is 0 Å². The number of anilines is 1. The van der Waals surface area contributed by atoms with Crippen LogP contribution in [0, 0.1) is 5.92 Å². The van der Waals surface area contributed by atoms with Crippen LogP contribution >= 0.6 is 11.3 Å². The van der Waals surface area contributed by atoms with Gasteiger partial charge in [0.2, 0.25) is 5.91 Å². The number of nitrogens with one attached hydrogen (secondary N) is 1. The zero-order chi connectivity index (χ0) is 28.1. The molecule has 3 atom stereocenters. The van der Waals surface area contributed by atoms with E-state index in [0.717, 1.165) is 24.8 Å². The molecule has 0 bridgehead atoms. The van der Waals surface area contributed by atoms with Gasteiger partial charge in [0.1, 0.15) is 5.54 Å². The lowest BCUT2D eigenvalue weighted by Crippen LogP contribution is -2.53. The lowest BCUT2D eigenvalue weighted by atomic mass is 9.70. The maximum atomic E-state index is 14.0. The number of likely N-dealkylation sites (tertiary alicyclic amines) is 1. The van der Waals surface area contributed by atoms with Crippen LogP contribution in [-0.4, -0.2) is 41.6 Å². The number of nitrogens with zero attached hydrogens (tertiary/aromatic N) is 1. The van der Waals surface area contributed by atoms with Crippen LogP contribution in [-0.2, 0) is 21.5 Å². The van der Waals surface area contributed by atoms with Gasteiger partial charge in [0.05, 0.1) is 15.6 Å². The Kier molecular flexibility index (Phi) is 7.09. The average molecular weight is 546 g/mol. The summed E-state index contributed by atoms with van der Waals surface area (Å²) in [5, 5.41) is 3.74. The van der Waals surface area contributed by atoms with Gasteiger partial charge in [0.15, 0.2) is 5.78 Å². The number of thiophene rings is 1. The molecule has 7 N–H and O–H groups in total. The third-order valence-corrected chi connectivity index (χ3v) is 9.04. The van der Waals surface area contributed by atoms with Crippen molar-refractivity contribution in [1.29, 1.82) is 0 Å². The first-order valence-corrected chi connectivity index (χ1v) is 14.1. The Balaban J connectivity index is 1.58. The third kappa shape index (κ3) is 4.54. The molecule has 5 rings (SSSR count). The summed E-state index contributed by atoms with van der Waals surface area (Å²) in [5.74, 6) is -0.415. The Morgan fingerprint density at radius 1 is 1.28 bits per heavy atom. The minimum absolute atomic E-state index is 0.160. The van der Waals surface area contributed by atoms with Crippen molar-refractivity contribution in [3.63, 3.8) is 0 Å². The van der Waals surface area contributed by atoms with Crippen LogP contribution in [0.25, 0.3) is 10.1 Å². The highest BCUT2D eigenvalue weighted by Gasteiger charge is 2.49. The SMILES string of the molecule is C=CC(=O)N1CCCC(NC(=O)c2sc3c(N)ccc4c3c2C(N)C(=O)C4(N)c2cccc(CC(C)C)c2)C1. The first-order chi connectivity index (χ1) is 18.6. The molecule has 9 heteroatoms. The third-order valence-electron chi connectivity index (χ3n) is 7.79. The van der Waals surface area contributed by atoms with Gasteiger partial charge < -0.3 is 27.4 Å². The second-order valence-electron chi connectivity index (χ2n) is 11.0. The first-order valence-electron chi connectivity index (χ1n) is 13.3. The van der Waals surface area contributed by atoms with E-state index in [4.69, 9.17) is 17.2 Å². The fourth-order valence-corrected chi connectivity index (χ4v) is 7.14. The lowest BCUT2D eigenvalue weighted by molar-refractivity contribution is -0.127. The number of hydrogen-bond donors (Lipinski definition) is 4. The van der Waals surface area contributed by atoms with Gasteiger partial charge in [-0.25, -0.2) is 0 Å². The molecule has 1 aromatic heterocycles. The summed E-state index contributed by atoms with van der Waals surface area (Å²) in [6.07, 6.45) is 3.65. The Labute approximate surface area is 232 Å². The van der Waals surface area contributed by atoms with Gasteiger partial charge in [-0.05, 0) is 54.0 Å². The number of benzene rings is 2.